The van der Waals surface area contributed by atoms with Crippen molar-refractivity contribution >= 4 is 13.7 Å². The Balaban J connectivity index is 4.37. The summed E-state index contributed by atoms with van der Waals surface area (Å²) in [5.41, 5.74) is 0. The molecule has 9 heteroatoms. The maximum atomic E-state index is 12.9. The fourth-order valence-corrected chi connectivity index (χ4v) is 7.69. The van der Waals surface area contributed by atoms with Crippen molar-refractivity contribution in [2.45, 2.75) is 231 Å². The maximum absolute atomic E-state index is 12.9. The Labute approximate surface area is 359 Å². The van der Waals surface area contributed by atoms with E-state index in [4.69, 9.17) is 9.05 Å². The highest BCUT2D eigenvalue weighted by Gasteiger charge is 2.27. The average Bonchev–Trinajstić information content (AvgIpc) is 3.17. The van der Waals surface area contributed by atoms with Crippen LogP contribution in [0.15, 0.2) is 36.5 Å². The van der Waals surface area contributed by atoms with Gasteiger partial charge in [0.1, 0.15) is 13.2 Å². The van der Waals surface area contributed by atoms with Crippen molar-refractivity contribution in [3.8, 4) is 0 Å². The van der Waals surface area contributed by atoms with Gasteiger partial charge in [0.15, 0.2) is 0 Å². The van der Waals surface area contributed by atoms with Gasteiger partial charge in [-0.2, -0.15) is 0 Å². The molecule has 3 unspecified atom stereocenters. The molecule has 0 aliphatic heterocycles. The quantitative estimate of drug-likeness (QED) is 0.0244. The lowest BCUT2D eigenvalue weighted by molar-refractivity contribution is -0.870. The monoisotopic (exact) mass is 840 g/mol. The van der Waals surface area contributed by atoms with Crippen LogP contribution in [0, 0.1) is 0 Å². The van der Waals surface area contributed by atoms with Crippen LogP contribution in [-0.2, 0) is 18.4 Å². The summed E-state index contributed by atoms with van der Waals surface area (Å²) in [5, 5.41) is 13.9. The van der Waals surface area contributed by atoms with Crippen LogP contribution in [0.1, 0.15) is 219 Å². The fourth-order valence-electron chi connectivity index (χ4n) is 6.95. The summed E-state index contributed by atoms with van der Waals surface area (Å²) in [6.45, 7) is 4.79. The van der Waals surface area contributed by atoms with E-state index >= 15 is 0 Å². The van der Waals surface area contributed by atoms with Crippen LogP contribution in [-0.4, -0.2) is 73.4 Å². The van der Waals surface area contributed by atoms with Crippen LogP contribution < -0.4 is 5.32 Å². The van der Waals surface area contributed by atoms with E-state index < -0.39 is 20.0 Å². The Morgan fingerprint density at radius 3 is 1.45 bits per heavy atom. The van der Waals surface area contributed by atoms with E-state index in [2.05, 4.69) is 43.5 Å². The van der Waals surface area contributed by atoms with Crippen molar-refractivity contribution in [2.24, 2.45) is 0 Å². The number of nitrogens with zero attached hydrogens (tertiary/aromatic N) is 1. The van der Waals surface area contributed by atoms with Crippen LogP contribution in [0.25, 0.3) is 0 Å². The normalized spacial score (nSPS) is 14.5. The van der Waals surface area contributed by atoms with Gasteiger partial charge in [0.2, 0.25) is 5.91 Å². The molecule has 0 aliphatic rings. The second-order valence-corrected chi connectivity index (χ2v) is 19.3. The third kappa shape index (κ3) is 42.8. The summed E-state index contributed by atoms with van der Waals surface area (Å²) in [4.78, 5) is 23.2. The lowest BCUT2D eigenvalue weighted by Crippen LogP contribution is -2.45. The number of phosphoric acid groups is 1. The number of carbonyl (C=O) groups is 1. The smallest absolute Gasteiger partial charge is 0.387 e. The minimum Gasteiger partial charge on any atom is -0.387 e. The second-order valence-electron chi connectivity index (χ2n) is 17.8. The second kappa shape index (κ2) is 41.1. The zero-order valence-electron chi connectivity index (χ0n) is 38.8. The van der Waals surface area contributed by atoms with Gasteiger partial charge in [-0.1, -0.05) is 198 Å². The van der Waals surface area contributed by atoms with E-state index in [-0.39, 0.29) is 19.1 Å². The molecule has 0 aliphatic carbocycles. The van der Waals surface area contributed by atoms with E-state index in [9.17, 15) is 19.4 Å². The van der Waals surface area contributed by atoms with Gasteiger partial charge < -0.3 is 19.8 Å². The van der Waals surface area contributed by atoms with Gasteiger partial charge in [-0.25, -0.2) is 4.57 Å². The molecule has 0 aromatic carbocycles. The molecule has 0 fully saturated rings. The molecular weight excluding hydrogens is 744 g/mol. The zero-order chi connectivity index (χ0) is 42.8. The first-order valence-corrected chi connectivity index (χ1v) is 25.9. The Morgan fingerprint density at radius 2 is 0.983 bits per heavy atom. The summed E-state index contributed by atoms with van der Waals surface area (Å²) in [7, 11) is 1.57. The van der Waals surface area contributed by atoms with Crippen molar-refractivity contribution in [1.82, 2.24) is 5.32 Å². The fraction of sp³-hybridized carbons (Fsp3) is 0.857. The first kappa shape index (κ1) is 56.7. The molecule has 58 heavy (non-hydrogen) atoms. The molecule has 0 rings (SSSR count). The highest BCUT2D eigenvalue weighted by Crippen LogP contribution is 2.43. The van der Waals surface area contributed by atoms with Crippen LogP contribution in [0.4, 0.5) is 0 Å². The molecule has 0 bridgehead atoms. The van der Waals surface area contributed by atoms with Gasteiger partial charge in [-0.05, 0) is 51.4 Å². The van der Waals surface area contributed by atoms with Crippen LogP contribution in [0.5, 0.6) is 0 Å². The number of aliphatic hydroxyl groups is 1. The first-order valence-electron chi connectivity index (χ1n) is 24.4. The first-order chi connectivity index (χ1) is 28.0. The summed E-state index contributed by atoms with van der Waals surface area (Å²) in [6.07, 6.45) is 50.7. The molecule has 3 atom stereocenters. The number of rotatable bonds is 44. The zero-order valence-corrected chi connectivity index (χ0v) is 39.7. The third-order valence-corrected chi connectivity index (χ3v) is 11.8. The summed E-state index contributed by atoms with van der Waals surface area (Å²) >= 11 is 0. The van der Waals surface area contributed by atoms with E-state index in [1.165, 1.54) is 148 Å². The van der Waals surface area contributed by atoms with E-state index in [0.717, 1.165) is 51.4 Å². The molecule has 0 saturated heterocycles. The number of unbranched alkanes of at least 4 members (excludes halogenated alkanes) is 27. The third-order valence-electron chi connectivity index (χ3n) is 10.9. The highest BCUT2D eigenvalue weighted by atomic mass is 31.2. The van der Waals surface area contributed by atoms with Gasteiger partial charge in [-0.15, -0.1) is 0 Å². The van der Waals surface area contributed by atoms with Crippen molar-refractivity contribution in [3.63, 3.8) is 0 Å². The number of carbonyl (C=O) groups excluding carboxylic acids is 1. The number of likely N-dealkylation sites (N-methyl/N-ethyl adjacent to an activating group) is 1. The maximum Gasteiger partial charge on any atom is 0.472 e. The number of aliphatic hydroxyl groups excluding tert-OH is 1. The minimum atomic E-state index is -4.34. The molecule has 1 amide bonds. The van der Waals surface area contributed by atoms with E-state index in [0.29, 0.717) is 17.4 Å². The standard InChI is InChI=1S/C49H95N2O6P/c1-6-8-10-12-14-16-18-20-22-24-25-27-28-30-32-34-36-38-40-42-48(52)47(46-57-58(54,55)56-45-44-51(3,4)5)50-49(53)43-41-39-37-35-33-31-29-26-23-21-19-17-15-13-11-9-7-2/h15,17,21,23,40,42,47-48,52H,6-14,16,18-20,22,24-39,41,43-46H2,1-5H3,(H-,50,53,54,55)/p+1/b17-15-,23-21-,42-40+. The van der Waals surface area contributed by atoms with Crippen molar-refractivity contribution < 1.29 is 32.9 Å². The molecule has 0 aromatic rings. The van der Waals surface area contributed by atoms with Crippen LogP contribution >= 0.6 is 7.82 Å². The van der Waals surface area contributed by atoms with Gasteiger partial charge in [0.05, 0.1) is 39.9 Å². The number of nitrogens with one attached hydrogen (secondary N) is 1. The molecule has 8 nitrogen and oxygen atoms in total. The predicted molar refractivity (Wildman–Crippen MR) is 249 cm³/mol. The van der Waals surface area contributed by atoms with E-state index in [1.807, 2.05) is 27.2 Å². The number of hydrogen-bond acceptors (Lipinski definition) is 5. The topological polar surface area (TPSA) is 105 Å². The van der Waals surface area contributed by atoms with Gasteiger partial charge >= 0.3 is 7.82 Å². The van der Waals surface area contributed by atoms with Crippen molar-refractivity contribution in [2.75, 3.05) is 40.9 Å². The minimum absolute atomic E-state index is 0.0598. The molecular formula is C49H96N2O6P+. The summed E-state index contributed by atoms with van der Waals surface area (Å²) < 4.78 is 23.6. The van der Waals surface area contributed by atoms with Gasteiger partial charge in [-0.3, -0.25) is 13.8 Å². The van der Waals surface area contributed by atoms with Gasteiger partial charge in [0.25, 0.3) is 0 Å². The number of hydrogen-bond donors (Lipinski definition) is 3. The van der Waals surface area contributed by atoms with Crippen molar-refractivity contribution in [3.05, 3.63) is 36.5 Å². The highest BCUT2D eigenvalue weighted by molar-refractivity contribution is 7.47. The van der Waals surface area contributed by atoms with Gasteiger partial charge in [0, 0.05) is 6.42 Å². The molecule has 0 aromatic heterocycles. The lowest BCUT2D eigenvalue weighted by atomic mass is 10.0. The summed E-state index contributed by atoms with van der Waals surface area (Å²) in [6, 6.07) is -0.849. The number of allylic oxidation sites excluding steroid dienone is 5. The Bertz CT molecular complexity index is 1040. The van der Waals surface area contributed by atoms with Crippen LogP contribution in [0.3, 0.4) is 0 Å². The Kier molecular flexibility index (Phi) is 40.2. The largest absolute Gasteiger partial charge is 0.472 e. The van der Waals surface area contributed by atoms with Crippen LogP contribution in [0.2, 0.25) is 0 Å². The van der Waals surface area contributed by atoms with E-state index in [1.54, 1.807) is 6.08 Å². The van der Waals surface area contributed by atoms with Crippen molar-refractivity contribution in [1.29, 1.82) is 0 Å². The number of quaternary nitrogens is 1. The molecule has 0 saturated carbocycles. The number of amides is 1. The molecule has 0 radical (unpaired) electrons. The molecule has 0 heterocycles. The molecule has 3 N–H and O–H groups in total. The SMILES string of the molecule is CCCCC/C=C\C/C=C\CCCCCCCCCC(=O)NC(COP(=O)(O)OCC[N+](C)(C)C)C(O)/C=C/CCCCCCCCCCCCCCCCCCC. The lowest BCUT2D eigenvalue weighted by Gasteiger charge is -2.25. The Hall–Kier alpha value is -1.28. The average molecular weight is 840 g/mol. The Morgan fingerprint density at radius 1 is 0.586 bits per heavy atom. The molecule has 0 spiro atoms. The predicted octanol–water partition coefficient (Wildman–Crippen LogP) is 13.9. The number of phosphoric ester groups is 1. The molecule has 342 valence electrons. The summed E-state index contributed by atoms with van der Waals surface area (Å²) in [5.74, 6) is -0.185.